The molecule has 1 rings (SSSR count). The molecule has 3 nitrogen and oxygen atoms in total. The van der Waals surface area contributed by atoms with Crippen molar-refractivity contribution in [2.45, 2.75) is 32.6 Å². The Morgan fingerprint density at radius 1 is 1.00 bits per heavy atom. The monoisotopic (exact) mass is 223 g/mol. The average molecular weight is 223 g/mol. The van der Waals surface area contributed by atoms with Gasteiger partial charge in [-0.15, -0.1) is 0 Å². The van der Waals surface area contributed by atoms with Gasteiger partial charge in [-0.2, -0.15) is 0 Å². The van der Waals surface area contributed by atoms with Gasteiger partial charge in [0.2, 0.25) is 0 Å². The molecule has 0 saturated heterocycles. The molecule has 1 aromatic carbocycles. The lowest BCUT2D eigenvalue weighted by Gasteiger charge is -2.25. The van der Waals surface area contributed by atoms with E-state index >= 15 is 0 Å². The summed E-state index contributed by atoms with van der Waals surface area (Å²) in [6, 6.07) is 10.1. The molecule has 2 N–H and O–H groups in total. The normalized spacial score (nSPS) is 15.1. The Morgan fingerprint density at radius 2 is 1.50 bits per heavy atom. The summed E-state index contributed by atoms with van der Waals surface area (Å²) in [6.45, 7) is 5.45. The van der Waals surface area contributed by atoms with Gasteiger partial charge in [0.05, 0.1) is 12.2 Å². The van der Waals surface area contributed by atoms with Gasteiger partial charge < -0.3 is 10.2 Å². The first-order valence-corrected chi connectivity index (χ1v) is 5.70. The molecule has 0 unspecified atom stereocenters. The van der Waals surface area contributed by atoms with E-state index in [1.807, 2.05) is 18.2 Å². The SMILES string of the molecule is C[C@@H](O)CN(Cc1ccccc1)C[C@@H](C)O. The Balaban J connectivity index is 2.56. The van der Waals surface area contributed by atoms with Crippen LogP contribution in [0.15, 0.2) is 30.3 Å². The van der Waals surface area contributed by atoms with Crippen LogP contribution in [0.4, 0.5) is 0 Å². The molecule has 0 radical (unpaired) electrons. The zero-order chi connectivity index (χ0) is 12.0. The number of hydrogen-bond donors (Lipinski definition) is 2. The van der Waals surface area contributed by atoms with Crippen molar-refractivity contribution >= 4 is 0 Å². The van der Waals surface area contributed by atoms with Gasteiger partial charge in [0, 0.05) is 19.6 Å². The lowest BCUT2D eigenvalue weighted by molar-refractivity contribution is 0.0794. The topological polar surface area (TPSA) is 43.7 Å². The van der Waals surface area contributed by atoms with Crippen LogP contribution in [0.25, 0.3) is 0 Å². The third-order valence-electron chi connectivity index (χ3n) is 2.29. The molecule has 0 aliphatic carbocycles. The van der Waals surface area contributed by atoms with Gasteiger partial charge in [0.25, 0.3) is 0 Å². The van der Waals surface area contributed by atoms with E-state index in [0.29, 0.717) is 13.1 Å². The molecule has 3 heteroatoms. The van der Waals surface area contributed by atoms with Crippen molar-refractivity contribution in [1.82, 2.24) is 4.90 Å². The lowest BCUT2D eigenvalue weighted by atomic mass is 10.2. The van der Waals surface area contributed by atoms with Gasteiger partial charge in [-0.3, -0.25) is 4.90 Å². The number of benzene rings is 1. The minimum Gasteiger partial charge on any atom is -0.392 e. The van der Waals surface area contributed by atoms with Gasteiger partial charge in [0.1, 0.15) is 0 Å². The molecule has 0 aliphatic heterocycles. The number of aliphatic hydroxyl groups is 2. The molecule has 0 heterocycles. The number of rotatable bonds is 6. The van der Waals surface area contributed by atoms with Crippen LogP contribution in [0.1, 0.15) is 19.4 Å². The molecule has 0 saturated carbocycles. The van der Waals surface area contributed by atoms with E-state index < -0.39 is 0 Å². The van der Waals surface area contributed by atoms with Gasteiger partial charge in [-0.05, 0) is 19.4 Å². The molecule has 0 spiro atoms. The second-order valence-corrected chi connectivity index (χ2v) is 4.38. The maximum atomic E-state index is 9.39. The summed E-state index contributed by atoms with van der Waals surface area (Å²) in [5.41, 5.74) is 1.20. The minimum absolute atomic E-state index is 0.373. The summed E-state index contributed by atoms with van der Waals surface area (Å²) in [5.74, 6) is 0. The summed E-state index contributed by atoms with van der Waals surface area (Å²) >= 11 is 0. The summed E-state index contributed by atoms with van der Waals surface area (Å²) in [6.07, 6.45) is -0.745. The Kier molecular flexibility index (Phi) is 5.46. The highest BCUT2D eigenvalue weighted by Gasteiger charge is 2.11. The van der Waals surface area contributed by atoms with Crippen LogP contribution in [-0.4, -0.2) is 40.4 Å². The zero-order valence-corrected chi connectivity index (χ0v) is 10.0. The van der Waals surface area contributed by atoms with Crippen molar-refractivity contribution in [3.05, 3.63) is 35.9 Å². The maximum absolute atomic E-state index is 9.39. The Bertz CT molecular complexity index is 275. The highest BCUT2D eigenvalue weighted by atomic mass is 16.3. The molecule has 0 bridgehead atoms. The largest absolute Gasteiger partial charge is 0.392 e. The first-order valence-electron chi connectivity index (χ1n) is 5.70. The van der Waals surface area contributed by atoms with E-state index in [9.17, 15) is 10.2 Å². The summed E-state index contributed by atoms with van der Waals surface area (Å²) in [4.78, 5) is 2.06. The van der Waals surface area contributed by atoms with E-state index in [1.165, 1.54) is 5.56 Å². The third kappa shape index (κ3) is 5.26. The van der Waals surface area contributed by atoms with E-state index in [4.69, 9.17) is 0 Å². The number of nitrogens with zero attached hydrogens (tertiary/aromatic N) is 1. The van der Waals surface area contributed by atoms with Crippen molar-refractivity contribution in [3.8, 4) is 0 Å². The van der Waals surface area contributed by atoms with Gasteiger partial charge in [-0.25, -0.2) is 0 Å². The smallest absolute Gasteiger partial charge is 0.0639 e. The standard InChI is InChI=1S/C13H21NO2/c1-11(15)8-14(9-12(2)16)10-13-6-4-3-5-7-13/h3-7,11-12,15-16H,8-10H2,1-2H3/t11-,12-/m1/s1. The molecular weight excluding hydrogens is 202 g/mol. The Labute approximate surface area is 97.3 Å². The summed E-state index contributed by atoms with van der Waals surface area (Å²) in [5, 5.41) is 18.8. The zero-order valence-electron chi connectivity index (χ0n) is 10.0. The summed E-state index contributed by atoms with van der Waals surface area (Å²) < 4.78 is 0. The molecule has 1 aromatic rings. The van der Waals surface area contributed by atoms with E-state index in [2.05, 4.69) is 17.0 Å². The van der Waals surface area contributed by atoms with Crippen LogP contribution in [0.3, 0.4) is 0 Å². The molecule has 0 aliphatic rings. The van der Waals surface area contributed by atoms with E-state index in [0.717, 1.165) is 6.54 Å². The van der Waals surface area contributed by atoms with Gasteiger partial charge in [-0.1, -0.05) is 30.3 Å². The highest BCUT2D eigenvalue weighted by Crippen LogP contribution is 2.06. The van der Waals surface area contributed by atoms with Crippen LogP contribution in [0.2, 0.25) is 0 Å². The van der Waals surface area contributed by atoms with Crippen molar-refractivity contribution in [2.24, 2.45) is 0 Å². The predicted molar refractivity (Wildman–Crippen MR) is 65.1 cm³/mol. The number of hydrogen-bond acceptors (Lipinski definition) is 3. The maximum Gasteiger partial charge on any atom is 0.0639 e. The molecule has 2 atom stereocenters. The average Bonchev–Trinajstić information content (AvgIpc) is 2.16. The minimum atomic E-state index is -0.373. The van der Waals surface area contributed by atoms with Crippen LogP contribution in [-0.2, 0) is 6.54 Å². The van der Waals surface area contributed by atoms with Crippen molar-refractivity contribution in [2.75, 3.05) is 13.1 Å². The second-order valence-electron chi connectivity index (χ2n) is 4.38. The van der Waals surface area contributed by atoms with E-state index in [-0.39, 0.29) is 12.2 Å². The lowest BCUT2D eigenvalue weighted by Crippen LogP contribution is -2.35. The van der Waals surface area contributed by atoms with Crippen molar-refractivity contribution in [1.29, 1.82) is 0 Å². The van der Waals surface area contributed by atoms with Gasteiger partial charge in [0.15, 0.2) is 0 Å². The fraction of sp³-hybridized carbons (Fsp3) is 0.538. The first-order chi connectivity index (χ1) is 7.58. The first kappa shape index (κ1) is 13.2. The van der Waals surface area contributed by atoms with Crippen molar-refractivity contribution in [3.63, 3.8) is 0 Å². The fourth-order valence-corrected chi connectivity index (χ4v) is 1.79. The Hall–Kier alpha value is -0.900. The third-order valence-corrected chi connectivity index (χ3v) is 2.29. The van der Waals surface area contributed by atoms with Crippen molar-refractivity contribution < 1.29 is 10.2 Å². The van der Waals surface area contributed by atoms with Gasteiger partial charge >= 0.3 is 0 Å². The van der Waals surface area contributed by atoms with E-state index in [1.54, 1.807) is 13.8 Å². The Morgan fingerprint density at radius 3 is 1.94 bits per heavy atom. The quantitative estimate of drug-likeness (QED) is 0.763. The van der Waals surface area contributed by atoms with Crippen LogP contribution >= 0.6 is 0 Å². The van der Waals surface area contributed by atoms with Crippen LogP contribution in [0.5, 0.6) is 0 Å². The molecule has 0 fully saturated rings. The second kappa shape index (κ2) is 6.63. The molecule has 90 valence electrons. The van der Waals surface area contributed by atoms with Crippen LogP contribution < -0.4 is 0 Å². The summed E-state index contributed by atoms with van der Waals surface area (Å²) in [7, 11) is 0. The van der Waals surface area contributed by atoms with Crippen LogP contribution in [0, 0.1) is 0 Å². The fourth-order valence-electron chi connectivity index (χ4n) is 1.79. The molecule has 16 heavy (non-hydrogen) atoms. The number of aliphatic hydroxyl groups excluding tert-OH is 2. The highest BCUT2D eigenvalue weighted by molar-refractivity contribution is 5.14. The predicted octanol–water partition coefficient (Wildman–Crippen LogP) is 1.25. The molecular formula is C13H21NO2. The molecule has 0 amide bonds. The molecule has 0 aromatic heterocycles.